The van der Waals surface area contributed by atoms with E-state index in [2.05, 4.69) is 33.9 Å². The second kappa shape index (κ2) is 8.13. The van der Waals surface area contributed by atoms with Gasteiger partial charge in [-0.2, -0.15) is 0 Å². The van der Waals surface area contributed by atoms with Crippen LogP contribution in [0.1, 0.15) is 23.3 Å². The number of carbonyl (C=O) groups is 1. The first-order chi connectivity index (χ1) is 14.0. The zero-order chi connectivity index (χ0) is 20.4. The van der Waals surface area contributed by atoms with Gasteiger partial charge in [0.05, 0.1) is 0 Å². The van der Waals surface area contributed by atoms with Crippen LogP contribution in [-0.4, -0.2) is 68.5 Å². The van der Waals surface area contributed by atoms with Gasteiger partial charge >= 0.3 is 0 Å². The fraction of sp³-hybridized carbons (Fsp3) is 0.364. The number of piperidine rings is 1. The number of hydrogen-bond donors (Lipinski definition) is 0. The predicted octanol–water partition coefficient (Wildman–Crippen LogP) is 2.71. The molecule has 3 aromatic rings. The lowest BCUT2D eigenvalue weighted by Crippen LogP contribution is -2.44. The van der Waals surface area contributed by atoms with Crippen LogP contribution in [0, 0.1) is 0 Å². The zero-order valence-electron chi connectivity index (χ0n) is 17.1. The van der Waals surface area contributed by atoms with Crippen LogP contribution in [0.5, 0.6) is 0 Å². The lowest BCUT2D eigenvalue weighted by molar-refractivity contribution is 0.0654. The highest BCUT2D eigenvalue weighted by atomic mass is 16.2. The molecule has 4 heterocycles. The Labute approximate surface area is 171 Å². The summed E-state index contributed by atoms with van der Waals surface area (Å²) in [7, 11) is 6.12. The molecule has 0 radical (unpaired) electrons. The zero-order valence-corrected chi connectivity index (χ0v) is 17.1. The molecule has 0 bridgehead atoms. The van der Waals surface area contributed by atoms with Gasteiger partial charge in [-0.1, -0.05) is 0 Å². The Bertz CT molecular complexity index is 972. The molecule has 0 unspecified atom stereocenters. The van der Waals surface area contributed by atoms with Crippen molar-refractivity contribution in [2.45, 2.75) is 18.9 Å². The van der Waals surface area contributed by atoms with Gasteiger partial charge in [0.25, 0.3) is 5.91 Å². The Balaban J connectivity index is 1.50. The van der Waals surface area contributed by atoms with E-state index in [0.717, 1.165) is 42.6 Å². The van der Waals surface area contributed by atoms with Gasteiger partial charge in [-0.05, 0) is 45.1 Å². The Morgan fingerprint density at radius 3 is 2.41 bits per heavy atom. The average molecular weight is 390 g/mol. The topological polar surface area (TPSA) is 67.2 Å². The largest absolute Gasteiger partial charge is 0.346 e. The number of carbonyl (C=O) groups excluding carboxylic acids is 1. The standard InChI is InChI=1S/C22H26N6O/c1-26(2)19-6-9-28(10-7-19)22(29)20-11-17(15-27(20)3)18-13-24-21(25-14-18)16-5-4-8-23-12-16/h4-5,8,11-15,19H,6-7,9-10H2,1-3H3. The summed E-state index contributed by atoms with van der Waals surface area (Å²) in [5.41, 5.74) is 3.40. The van der Waals surface area contributed by atoms with E-state index in [0.29, 0.717) is 17.6 Å². The number of aryl methyl sites for hydroxylation is 1. The molecule has 0 spiro atoms. The Morgan fingerprint density at radius 2 is 1.79 bits per heavy atom. The molecular formula is C22H26N6O. The maximum Gasteiger partial charge on any atom is 0.270 e. The lowest BCUT2D eigenvalue weighted by atomic mass is 10.0. The summed E-state index contributed by atoms with van der Waals surface area (Å²) >= 11 is 0. The number of likely N-dealkylation sites (tertiary alicyclic amines) is 1. The van der Waals surface area contributed by atoms with Crippen molar-refractivity contribution in [3.05, 3.63) is 54.9 Å². The van der Waals surface area contributed by atoms with Crippen LogP contribution in [0.3, 0.4) is 0 Å². The molecule has 0 saturated carbocycles. The van der Waals surface area contributed by atoms with E-state index in [1.165, 1.54) is 0 Å². The average Bonchev–Trinajstić information content (AvgIpc) is 3.15. The van der Waals surface area contributed by atoms with E-state index in [1.807, 2.05) is 40.9 Å². The molecular weight excluding hydrogens is 364 g/mol. The van der Waals surface area contributed by atoms with Crippen LogP contribution >= 0.6 is 0 Å². The van der Waals surface area contributed by atoms with Crippen molar-refractivity contribution in [3.63, 3.8) is 0 Å². The normalized spacial score (nSPS) is 15.1. The van der Waals surface area contributed by atoms with Gasteiger partial charge in [0.15, 0.2) is 5.82 Å². The molecule has 150 valence electrons. The van der Waals surface area contributed by atoms with Crippen LogP contribution in [0.25, 0.3) is 22.5 Å². The smallest absolute Gasteiger partial charge is 0.270 e. The molecule has 29 heavy (non-hydrogen) atoms. The first kappa shape index (κ1) is 19.3. The van der Waals surface area contributed by atoms with Gasteiger partial charge in [0.1, 0.15) is 5.69 Å². The minimum absolute atomic E-state index is 0.0869. The number of rotatable bonds is 4. The third-order valence-corrected chi connectivity index (χ3v) is 5.61. The summed E-state index contributed by atoms with van der Waals surface area (Å²) in [6, 6.07) is 6.28. The molecule has 1 aliphatic heterocycles. The highest BCUT2D eigenvalue weighted by Crippen LogP contribution is 2.24. The number of hydrogen-bond acceptors (Lipinski definition) is 5. The van der Waals surface area contributed by atoms with Crippen molar-refractivity contribution < 1.29 is 4.79 Å². The Kier molecular flexibility index (Phi) is 5.40. The molecule has 1 fully saturated rings. The van der Waals surface area contributed by atoms with Gasteiger partial charge < -0.3 is 14.4 Å². The molecule has 0 aliphatic carbocycles. The van der Waals surface area contributed by atoms with Gasteiger partial charge in [0, 0.05) is 73.9 Å². The monoisotopic (exact) mass is 390 g/mol. The molecule has 0 aromatic carbocycles. The number of amides is 1. The second-order valence-corrected chi connectivity index (χ2v) is 7.75. The highest BCUT2D eigenvalue weighted by molar-refractivity contribution is 5.94. The van der Waals surface area contributed by atoms with Crippen molar-refractivity contribution in [2.75, 3.05) is 27.2 Å². The summed E-state index contributed by atoms with van der Waals surface area (Å²) in [4.78, 5) is 30.3. The number of pyridine rings is 1. The van der Waals surface area contributed by atoms with Crippen LogP contribution in [0.2, 0.25) is 0 Å². The summed E-state index contributed by atoms with van der Waals surface area (Å²) in [6.07, 6.45) is 11.0. The summed E-state index contributed by atoms with van der Waals surface area (Å²) < 4.78 is 1.89. The van der Waals surface area contributed by atoms with E-state index in [1.54, 1.807) is 24.8 Å². The van der Waals surface area contributed by atoms with Crippen LogP contribution in [-0.2, 0) is 7.05 Å². The molecule has 0 atom stereocenters. The highest BCUT2D eigenvalue weighted by Gasteiger charge is 2.26. The molecule has 1 aliphatic rings. The van der Waals surface area contributed by atoms with Crippen LogP contribution < -0.4 is 0 Å². The quantitative estimate of drug-likeness (QED) is 0.685. The molecule has 7 heteroatoms. The molecule has 3 aromatic heterocycles. The number of nitrogens with zero attached hydrogens (tertiary/aromatic N) is 6. The molecule has 0 N–H and O–H groups in total. The number of aromatic nitrogens is 4. The van der Waals surface area contributed by atoms with Gasteiger partial charge in [0.2, 0.25) is 0 Å². The minimum atomic E-state index is 0.0869. The molecule has 1 saturated heterocycles. The third kappa shape index (κ3) is 4.05. The van der Waals surface area contributed by atoms with Crippen molar-refractivity contribution in [1.29, 1.82) is 0 Å². The van der Waals surface area contributed by atoms with Crippen LogP contribution in [0.4, 0.5) is 0 Å². The van der Waals surface area contributed by atoms with E-state index in [4.69, 9.17) is 0 Å². The van der Waals surface area contributed by atoms with Crippen molar-refractivity contribution in [2.24, 2.45) is 7.05 Å². The van der Waals surface area contributed by atoms with Gasteiger partial charge in [-0.3, -0.25) is 9.78 Å². The van der Waals surface area contributed by atoms with Crippen molar-refractivity contribution in [1.82, 2.24) is 29.3 Å². The summed E-state index contributed by atoms with van der Waals surface area (Å²) in [6.45, 7) is 1.59. The van der Waals surface area contributed by atoms with Crippen molar-refractivity contribution in [3.8, 4) is 22.5 Å². The minimum Gasteiger partial charge on any atom is -0.346 e. The van der Waals surface area contributed by atoms with E-state index < -0.39 is 0 Å². The van der Waals surface area contributed by atoms with E-state index >= 15 is 0 Å². The predicted molar refractivity (Wildman–Crippen MR) is 112 cm³/mol. The lowest BCUT2D eigenvalue weighted by Gasteiger charge is -2.35. The van der Waals surface area contributed by atoms with Crippen LogP contribution in [0.15, 0.2) is 49.2 Å². The first-order valence-corrected chi connectivity index (χ1v) is 9.88. The van der Waals surface area contributed by atoms with Gasteiger partial charge in [-0.25, -0.2) is 9.97 Å². The summed E-state index contributed by atoms with van der Waals surface area (Å²) in [5.74, 6) is 0.724. The van der Waals surface area contributed by atoms with E-state index in [-0.39, 0.29) is 5.91 Å². The Hall–Kier alpha value is -3.06. The summed E-state index contributed by atoms with van der Waals surface area (Å²) in [5, 5.41) is 0. The van der Waals surface area contributed by atoms with E-state index in [9.17, 15) is 4.79 Å². The molecule has 4 rings (SSSR count). The fourth-order valence-corrected chi connectivity index (χ4v) is 3.80. The second-order valence-electron chi connectivity index (χ2n) is 7.75. The Morgan fingerprint density at radius 1 is 1.07 bits per heavy atom. The maximum absolute atomic E-state index is 13.0. The SMILES string of the molecule is CN(C)C1CCN(C(=O)c2cc(-c3cnc(-c4cccnc4)nc3)cn2C)CC1. The molecule has 7 nitrogen and oxygen atoms in total. The third-order valence-electron chi connectivity index (χ3n) is 5.61. The first-order valence-electron chi connectivity index (χ1n) is 9.88. The molecule has 1 amide bonds. The fourth-order valence-electron chi connectivity index (χ4n) is 3.80. The van der Waals surface area contributed by atoms with Crippen molar-refractivity contribution >= 4 is 5.91 Å². The maximum atomic E-state index is 13.0. The van der Waals surface area contributed by atoms with Gasteiger partial charge in [-0.15, -0.1) is 0 Å².